The van der Waals surface area contributed by atoms with E-state index in [-0.39, 0.29) is 31.0 Å². The molecule has 14 heteroatoms. The average molecular weight is 562 g/mol. The summed E-state index contributed by atoms with van der Waals surface area (Å²) in [5, 5.41) is 31.1. The molecule has 12 nitrogen and oxygen atoms in total. The predicted molar refractivity (Wildman–Crippen MR) is 139 cm³/mol. The van der Waals surface area contributed by atoms with Gasteiger partial charge in [-0.3, -0.25) is 18.9 Å². The van der Waals surface area contributed by atoms with Crippen LogP contribution in [0.3, 0.4) is 0 Å². The van der Waals surface area contributed by atoms with Gasteiger partial charge in [0.25, 0.3) is 0 Å². The van der Waals surface area contributed by atoms with Crippen molar-refractivity contribution in [3.8, 4) is 11.5 Å². The van der Waals surface area contributed by atoms with E-state index >= 15 is 0 Å². The highest BCUT2D eigenvalue weighted by Gasteiger charge is 2.37. The van der Waals surface area contributed by atoms with Gasteiger partial charge in [-0.05, 0) is 31.5 Å². The summed E-state index contributed by atoms with van der Waals surface area (Å²) < 4.78 is 24.2. The van der Waals surface area contributed by atoms with Crippen molar-refractivity contribution >= 4 is 15.2 Å². The number of hydrogen-bond donors (Lipinski definition) is 8. The first-order valence-electron chi connectivity index (χ1n) is 11.8. The number of phenols is 2. The van der Waals surface area contributed by atoms with Gasteiger partial charge < -0.3 is 40.6 Å². The van der Waals surface area contributed by atoms with Crippen LogP contribution in [-0.2, 0) is 22.2 Å². The lowest BCUT2D eigenvalue weighted by molar-refractivity contribution is 0.0382. The molecule has 0 aliphatic heterocycles. The van der Waals surface area contributed by atoms with E-state index in [0.717, 1.165) is 0 Å². The number of aromatic hydroxyl groups is 2. The summed E-state index contributed by atoms with van der Waals surface area (Å²) in [5.74, 6) is -0.184. The van der Waals surface area contributed by atoms with E-state index in [1.54, 1.807) is 36.4 Å². The lowest BCUT2D eigenvalue weighted by atomic mass is 9.98. The van der Waals surface area contributed by atoms with E-state index in [1.807, 2.05) is 0 Å². The molecule has 0 saturated heterocycles. The first-order valence-corrected chi connectivity index (χ1v) is 15.4. The Morgan fingerprint density at radius 1 is 0.730 bits per heavy atom. The molecule has 0 aliphatic carbocycles. The molecule has 0 aromatic heterocycles. The molecule has 2 unspecified atom stereocenters. The van der Waals surface area contributed by atoms with Gasteiger partial charge in [0, 0.05) is 36.3 Å². The standard InChI is InChI=1S/C23H37N3O9P2/c24-12-6-5-9-20(25(16-36(30,31)32)13-18-7-1-3-10-22(18)28)21(15-27)26(17-37(33,34)35)14-19-8-2-4-11-23(19)29/h1-4,7-8,10-11,20-21,27-29H,5-6,9,12-17,24H2,(H2,30,31,32)(H2,33,34,35). The first kappa shape index (κ1) is 31.4. The van der Waals surface area contributed by atoms with Gasteiger partial charge in [0.15, 0.2) is 0 Å². The summed E-state index contributed by atoms with van der Waals surface area (Å²) in [6, 6.07) is 10.8. The predicted octanol–water partition coefficient (Wildman–Crippen LogP) is 1.53. The molecule has 0 amide bonds. The monoisotopic (exact) mass is 561 g/mol. The van der Waals surface area contributed by atoms with Gasteiger partial charge in [-0.15, -0.1) is 0 Å². The third-order valence-corrected chi connectivity index (χ3v) is 7.45. The number of nitrogens with zero attached hydrogens (tertiary/aromatic N) is 2. The maximum Gasteiger partial charge on any atom is 0.339 e. The highest BCUT2D eigenvalue weighted by Crippen LogP contribution is 2.41. The molecule has 2 rings (SSSR count). The molecular formula is C23H37N3O9P2. The van der Waals surface area contributed by atoms with Crippen LogP contribution < -0.4 is 5.73 Å². The minimum absolute atomic E-state index is 0.0826. The molecular weight excluding hydrogens is 524 g/mol. The van der Waals surface area contributed by atoms with Crippen molar-refractivity contribution in [2.75, 3.05) is 25.7 Å². The van der Waals surface area contributed by atoms with Crippen molar-refractivity contribution < 1.29 is 44.0 Å². The molecule has 0 saturated carbocycles. The minimum atomic E-state index is -4.66. The van der Waals surface area contributed by atoms with Gasteiger partial charge in [-0.25, -0.2) is 0 Å². The van der Waals surface area contributed by atoms with Crippen LogP contribution in [0.5, 0.6) is 11.5 Å². The number of phenolic OH excluding ortho intramolecular Hbond substituents is 2. The maximum atomic E-state index is 12.1. The second-order valence-electron chi connectivity index (χ2n) is 8.97. The number of unbranched alkanes of at least 4 members (excludes halogenated alkanes) is 1. The fraction of sp³-hybridized carbons (Fsp3) is 0.478. The van der Waals surface area contributed by atoms with Crippen LogP contribution in [0, 0.1) is 0 Å². The zero-order valence-electron chi connectivity index (χ0n) is 20.5. The van der Waals surface area contributed by atoms with Crippen molar-refractivity contribution in [2.45, 2.75) is 44.4 Å². The summed E-state index contributed by atoms with van der Waals surface area (Å²) in [6.07, 6.45) is -0.108. The van der Waals surface area contributed by atoms with E-state index in [9.17, 15) is 44.0 Å². The summed E-state index contributed by atoms with van der Waals surface area (Å²) in [4.78, 5) is 42.1. The number of rotatable bonds is 16. The Hall–Kier alpha value is -1.82. The zero-order chi connectivity index (χ0) is 27.6. The normalized spacial score (nSPS) is 14.3. The third-order valence-electron chi connectivity index (χ3n) is 5.99. The molecule has 2 aromatic rings. The third kappa shape index (κ3) is 10.8. The van der Waals surface area contributed by atoms with Crippen LogP contribution in [0.4, 0.5) is 0 Å². The molecule has 0 spiro atoms. The van der Waals surface area contributed by atoms with Crippen LogP contribution >= 0.6 is 15.2 Å². The van der Waals surface area contributed by atoms with Gasteiger partial charge in [-0.1, -0.05) is 42.8 Å². The van der Waals surface area contributed by atoms with Gasteiger partial charge in [0.2, 0.25) is 0 Å². The van der Waals surface area contributed by atoms with Crippen molar-refractivity contribution in [1.82, 2.24) is 9.80 Å². The van der Waals surface area contributed by atoms with E-state index in [4.69, 9.17) is 5.73 Å². The van der Waals surface area contributed by atoms with Crippen molar-refractivity contribution in [3.05, 3.63) is 59.7 Å². The second-order valence-corrected chi connectivity index (χ2v) is 12.2. The number of aliphatic hydroxyl groups is 1. The molecule has 37 heavy (non-hydrogen) atoms. The lowest BCUT2D eigenvalue weighted by Gasteiger charge is -2.42. The van der Waals surface area contributed by atoms with Crippen LogP contribution in [0.2, 0.25) is 0 Å². The Labute approximate surface area is 216 Å². The summed E-state index contributed by atoms with van der Waals surface area (Å²) in [7, 11) is -9.29. The van der Waals surface area contributed by atoms with E-state index in [2.05, 4.69) is 0 Å². The van der Waals surface area contributed by atoms with Gasteiger partial charge in [0.1, 0.15) is 24.1 Å². The molecule has 2 atom stereocenters. The molecule has 2 aromatic carbocycles. The molecule has 0 bridgehead atoms. The average Bonchev–Trinajstić information content (AvgIpc) is 2.79. The largest absolute Gasteiger partial charge is 0.508 e. The second kappa shape index (κ2) is 14.4. The molecule has 9 N–H and O–H groups in total. The van der Waals surface area contributed by atoms with E-state index in [1.165, 1.54) is 21.9 Å². The Morgan fingerprint density at radius 3 is 1.54 bits per heavy atom. The molecule has 208 valence electrons. The fourth-order valence-electron chi connectivity index (χ4n) is 4.34. The Bertz CT molecular complexity index is 1080. The number of aliphatic hydroxyl groups excluding tert-OH is 1. The lowest BCUT2D eigenvalue weighted by Crippen LogP contribution is -2.53. The van der Waals surface area contributed by atoms with Crippen molar-refractivity contribution in [3.63, 3.8) is 0 Å². The van der Waals surface area contributed by atoms with Crippen LogP contribution in [0.1, 0.15) is 30.4 Å². The quantitative estimate of drug-likeness (QED) is 0.108. The minimum Gasteiger partial charge on any atom is -0.508 e. The smallest absolute Gasteiger partial charge is 0.339 e. The topological polar surface area (TPSA) is 208 Å². The first-order chi connectivity index (χ1) is 17.3. The van der Waals surface area contributed by atoms with Crippen LogP contribution in [0.25, 0.3) is 0 Å². The van der Waals surface area contributed by atoms with Gasteiger partial charge >= 0.3 is 15.2 Å². The maximum absolute atomic E-state index is 12.1. The number of hydrogen-bond acceptors (Lipinski definition) is 8. The number of para-hydroxylation sites is 2. The van der Waals surface area contributed by atoms with E-state index < -0.39 is 46.5 Å². The molecule has 0 radical (unpaired) electrons. The van der Waals surface area contributed by atoms with E-state index in [0.29, 0.717) is 30.5 Å². The Kier molecular flexibility index (Phi) is 12.2. The highest BCUT2D eigenvalue weighted by molar-refractivity contribution is 7.51. The highest BCUT2D eigenvalue weighted by atomic mass is 31.2. The summed E-state index contributed by atoms with van der Waals surface area (Å²) in [6.45, 7) is -0.476. The van der Waals surface area contributed by atoms with Crippen LogP contribution in [0.15, 0.2) is 48.5 Å². The van der Waals surface area contributed by atoms with Crippen molar-refractivity contribution in [1.29, 1.82) is 0 Å². The summed E-state index contributed by atoms with van der Waals surface area (Å²) >= 11 is 0. The van der Waals surface area contributed by atoms with Crippen LogP contribution in [-0.4, -0.2) is 82.5 Å². The Morgan fingerprint density at radius 2 is 1.16 bits per heavy atom. The summed E-state index contributed by atoms with van der Waals surface area (Å²) in [5.41, 5.74) is 6.39. The van der Waals surface area contributed by atoms with Crippen molar-refractivity contribution in [2.24, 2.45) is 5.73 Å². The van der Waals surface area contributed by atoms with Gasteiger partial charge in [-0.2, -0.15) is 0 Å². The SMILES string of the molecule is NCCCCC(C(CO)N(Cc1ccccc1O)CP(=O)(O)O)N(Cc1ccccc1O)CP(=O)(O)O. The number of benzene rings is 2. The Balaban J connectivity index is 2.55. The molecule has 0 aliphatic rings. The number of nitrogens with two attached hydrogens (primary N) is 1. The van der Waals surface area contributed by atoms with Gasteiger partial charge in [0.05, 0.1) is 6.61 Å². The zero-order valence-corrected chi connectivity index (χ0v) is 22.2. The molecule has 0 fully saturated rings. The fourth-order valence-corrected chi connectivity index (χ4v) is 5.91. The molecule has 0 heterocycles.